The van der Waals surface area contributed by atoms with Gasteiger partial charge in [0.05, 0.1) is 13.2 Å². The van der Waals surface area contributed by atoms with Gasteiger partial charge < -0.3 is 15.0 Å². The molecule has 0 spiro atoms. The molecular weight excluding hydrogens is 352 g/mol. The fourth-order valence-corrected chi connectivity index (χ4v) is 4.09. The lowest BCUT2D eigenvalue weighted by molar-refractivity contribution is -0.123. The van der Waals surface area contributed by atoms with E-state index in [1.54, 1.807) is 0 Å². The zero-order valence-corrected chi connectivity index (χ0v) is 17.5. The summed E-state index contributed by atoms with van der Waals surface area (Å²) in [5.41, 5.74) is 1.31. The highest BCUT2D eigenvalue weighted by Gasteiger charge is 2.22. The highest BCUT2D eigenvalue weighted by atomic mass is 16.5. The molecule has 1 N–H and O–H groups in total. The summed E-state index contributed by atoms with van der Waals surface area (Å²) < 4.78 is 5.51. The smallest absolute Gasteiger partial charge is 0.234 e. The maximum atomic E-state index is 12.4. The van der Waals surface area contributed by atoms with Gasteiger partial charge in [-0.25, -0.2) is 0 Å². The number of hydrogen-bond donors (Lipinski definition) is 1. The van der Waals surface area contributed by atoms with Gasteiger partial charge in [-0.1, -0.05) is 19.1 Å². The van der Waals surface area contributed by atoms with Crippen molar-refractivity contribution >= 4 is 5.91 Å². The second-order valence-electron chi connectivity index (χ2n) is 7.91. The number of amides is 1. The molecule has 1 amide bonds. The lowest BCUT2D eigenvalue weighted by Gasteiger charge is -2.35. The summed E-state index contributed by atoms with van der Waals surface area (Å²) in [5.74, 6) is 1.12. The zero-order chi connectivity index (χ0) is 19.8. The van der Waals surface area contributed by atoms with Crippen LogP contribution in [0.4, 0.5) is 0 Å². The number of ether oxygens (including phenoxy) is 1. The summed E-state index contributed by atoms with van der Waals surface area (Å²) >= 11 is 0. The van der Waals surface area contributed by atoms with Gasteiger partial charge in [-0.2, -0.15) is 0 Å². The third-order valence-corrected chi connectivity index (χ3v) is 5.87. The predicted molar refractivity (Wildman–Crippen MR) is 113 cm³/mol. The van der Waals surface area contributed by atoms with Crippen LogP contribution >= 0.6 is 0 Å². The zero-order valence-electron chi connectivity index (χ0n) is 17.5. The molecule has 0 unspecified atom stereocenters. The van der Waals surface area contributed by atoms with E-state index in [4.69, 9.17) is 4.74 Å². The number of nitrogens with one attached hydrogen (secondary N) is 1. The Morgan fingerprint density at radius 1 is 0.964 bits per heavy atom. The minimum atomic E-state index is 0.190. The molecule has 6 heteroatoms. The van der Waals surface area contributed by atoms with Crippen molar-refractivity contribution in [1.82, 2.24) is 20.0 Å². The van der Waals surface area contributed by atoms with Gasteiger partial charge in [0.15, 0.2) is 0 Å². The third kappa shape index (κ3) is 6.47. The van der Waals surface area contributed by atoms with Gasteiger partial charge in [-0.15, -0.1) is 0 Å². The summed E-state index contributed by atoms with van der Waals surface area (Å²) in [6.07, 6.45) is 2.16. The minimum absolute atomic E-state index is 0.190. The molecule has 0 aromatic heterocycles. The molecule has 6 nitrogen and oxygen atoms in total. The van der Waals surface area contributed by atoms with Crippen LogP contribution in [0.3, 0.4) is 0 Å². The molecule has 0 bridgehead atoms. The van der Waals surface area contributed by atoms with Crippen molar-refractivity contribution in [3.63, 3.8) is 0 Å². The normalized spacial score (nSPS) is 20.2. The van der Waals surface area contributed by atoms with E-state index >= 15 is 0 Å². The Kier molecular flexibility index (Phi) is 8.13. The number of carbonyl (C=O) groups is 1. The third-order valence-electron chi connectivity index (χ3n) is 5.87. The number of rotatable bonds is 8. The molecule has 0 saturated carbocycles. The number of piperazine rings is 1. The maximum absolute atomic E-state index is 12.4. The second-order valence-corrected chi connectivity index (χ2v) is 7.91. The van der Waals surface area contributed by atoms with E-state index in [0.717, 1.165) is 70.9 Å². The van der Waals surface area contributed by atoms with Crippen molar-refractivity contribution in [1.29, 1.82) is 0 Å². The summed E-state index contributed by atoms with van der Waals surface area (Å²) in [5, 5.41) is 3.24. The van der Waals surface area contributed by atoms with Crippen LogP contribution in [0.15, 0.2) is 24.3 Å². The van der Waals surface area contributed by atoms with Crippen LogP contribution in [-0.2, 0) is 11.3 Å². The van der Waals surface area contributed by atoms with Crippen molar-refractivity contribution < 1.29 is 9.53 Å². The van der Waals surface area contributed by atoms with Crippen molar-refractivity contribution in [2.75, 3.05) is 59.0 Å². The lowest BCUT2D eigenvalue weighted by Crippen LogP contribution is -2.51. The van der Waals surface area contributed by atoms with E-state index in [9.17, 15) is 4.79 Å². The van der Waals surface area contributed by atoms with Gasteiger partial charge in [0, 0.05) is 51.9 Å². The van der Waals surface area contributed by atoms with E-state index in [-0.39, 0.29) is 5.91 Å². The van der Waals surface area contributed by atoms with E-state index in [1.165, 1.54) is 5.56 Å². The fraction of sp³-hybridized carbons (Fsp3) is 0.682. The van der Waals surface area contributed by atoms with Crippen LogP contribution in [0.2, 0.25) is 0 Å². The summed E-state index contributed by atoms with van der Waals surface area (Å²) in [7, 11) is 0. The number of nitrogens with zero attached hydrogens (tertiary/aromatic N) is 3. The topological polar surface area (TPSA) is 48.1 Å². The Morgan fingerprint density at radius 3 is 2.21 bits per heavy atom. The molecule has 1 aromatic rings. The van der Waals surface area contributed by atoms with Crippen molar-refractivity contribution in [3.05, 3.63) is 29.8 Å². The monoisotopic (exact) mass is 388 g/mol. The molecule has 2 heterocycles. The molecule has 0 radical (unpaired) electrons. The average Bonchev–Trinajstić information content (AvgIpc) is 2.72. The van der Waals surface area contributed by atoms with E-state index in [2.05, 4.69) is 39.1 Å². The molecular formula is C22H36N4O2. The predicted octanol–water partition coefficient (Wildman–Crippen LogP) is 1.80. The Hall–Kier alpha value is -1.63. The Labute approximate surface area is 169 Å². The van der Waals surface area contributed by atoms with E-state index in [0.29, 0.717) is 19.2 Å². The Balaban J connectivity index is 1.34. The molecule has 1 aromatic carbocycles. The SMILES string of the molecule is CCOc1ccc(CN2CCN(CC(=O)NC3CCN(CC)CC3)CC2)cc1. The van der Waals surface area contributed by atoms with Gasteiger partial charge in [-0.3, -0.25) is 14.6 Å². The van der Waals surface area contributed by atoms with E-state index in [1.807, 2.05) is 19.1 Å². The standard InChI is InChI=1S/C22H36N4O2/c1-3-24-11-9-20(10-12-24)23-22(27)18-26-15-13-25(14-16-26)17-19-5-7-21(8-6-19)28-4-2/h5-8,20H,3-4,9-18H2,1-2H3,(H,23,27). The molecule has 2 fully saturated rings. The molecule has 3 rings (SSSR count). The van der Waals surface area contributed by atoms with Gasteiger partial charge in [0.1, 0.15) is 5.75 Å². The molecule has 0 atom stereocenters. The Morgan fingerprint density at radius 2 is 1.61 bits per heavy atom. The number of carbonyl (C=O) groups excluding carboxylic acids is 1. The molecule has 2 aliphatic rings. The highest BCUT2D eigenvalue weighted by Crippen LogP contribution is 2.15. The number of benzene rings is 1. The van der Waals surface area contributed by atoms with Crippen LogP contribution in [-0.4, -0.2) is 85.6 Å². The van der Waals surface area contributed by atoms with Gasteiger partial charge in [-0.05, 0) is 44.0 Å². The lowest BCUT2D eigenvalue weighted by atomic mass is 10.1. The number of piperidine rings is 1. The van der Waals surface area contributed by atoms with Gasteiger partial charge >= 0.3 is 0 Å². The van der Waals surface area contributed by atoms with Gasteiger partial charge in [0.2, 0.25) is 5.91 Å². The first-order valence-corrected chi connectivity index (χ1v) is 10.8. The molecule has 28 heavy (non-hydrogen) atoms. The number of likely N-dealkylation sites (tertiary alicyclic amines) is 1. The van der Waals surface area contributed by atoms with Crippen LogP contribution in [0.25, 0.3) is 0 Å². The first kappa shape index (κ1) is 21.1. The summed E-state index contributed by atoms with van der Waals surface area (Å²) in [6.45, 7) is 13.7. The van der Waals surface area contributed by atoms with Crippen molar-refractivity contribution in [2.24, 2.45) is 0 Å². The largest absolute Gasteiger partial charge is 0.494 e. The Bertz CT molecular complexity index is 591. The van der Waals surface area contributed by atoms with E-state index < -0.39 is 0 Å². The second kappa shape index (κ2) is 10.8. The first-order chi connectivity index (χ1) is 13.7. The summed E-state index contributed by atoms with van der Waals surface area (Å²) in [4.78, 5) is 19.6. The fourth-order valence-electron chi connectivity index (χ4n) is 4.09. The first-order valence-electron chi connectivity index (χ1n) is 10.8. The molecule has 0 aliphatic carbocycles. The van der Waals surface area contributed by atoms with Crippen molar-refractivity contribution in [2.45, 2.75) is 39.3 Å². The van der Waals surface area contributed by atoms with Crippen molar-refractivity contribution in [3.8, 4) is 5.75 Å². The van der Waals surface area contributed by atoms with Crippen LogP contribution in [0.5, 0.6) is 5.75 Å². The quantitative estimate of drug-likeness (QED) is 0.736. The molecule has 2 aliphatic heterocycles. The maximum Gasteiger partial charge on any atom is 0.234 e. The highest BCUT2D eigenvalue weighted by molar-refractivity contribution is 5.78. The van der Waals surface area contributed by atoms with Crippen LogP contribution in [0.1, 0.15) is 32.3 Å². The van der Waals surface area contributed by atoms with Crippen LogP contribution in [0, 0.1) is 0 Å². The minimum Gasteiger partial charge on any atom is -0.494 e. The van der Waals surface area contributed by atoms with Gasteiger partial charge in [0.25, 0.3) is 0 Å². The molecule has 156 valence electrons. The summed E-state index contributed by atoms with van der Waals surface area (Å²) in [6, 6.07) is 8.74. The molecule has 2 saturated heterocycles. The average molecular weight is 389 g/mol. The number of hydrogen-bond acceptors (Lipinski definition) is 5. The van der Waals surface area contributed by atoms with Crippen LogP contribution < -0.4 is 10.1 Å².